The second-order valence-corrected chi connectivity index (χ2v) is 7.21. The van der Waals surface area contributed by atoms with Gasteiger partial charge in [0.15, 0.2) is 0 Å². The van der Waals surface area contributed by atoms with Gasteiger partial charge in [-0.2, -0.15) is 0 Å². The molecule has 0 radical (unpaired) electrons. The molecule has 1 unspecified atom stereocenters. The van der Waals surface area contributed by atoms with Crippen molar-refractivity contribution in [2.75, 3.05) is 18.9 Å². The number of aryl methyl sites for hydroxylation is 1. The first-order valence-corrected chi connectivity index (χ1v) is 9.25. The Kier molecular flexibility index (Phi) is 7.28. The molecule has 3 nitrogen and oxygen atoms in total. The maximum atomic E-state index is 12.3. The number of carbonyl (C=O) groups excluding carboxylic acids is 1. The van der Waals surface area contributed by atoms with Gasteiger partial charge in [-0.15, -0.1) is 23.7 Å². The van der Waals surface area contributed by atoms with Gasteiger partial charge in [-0.1, -0.05) is 30.7 Å². The Morgan fingerprint density at radius 2 is 2.08 bits per heavy atom. The molecule has 2 heterocycles. The highest BCUT2D eigenvalue weighted by molar-refractivity contribution is 7.12. The Morgan fingerprint density at radius 1 is 1.25 bits per heavy atom. The fourth-order valence-electron chi connectivity index (χ4n) is 3.28. The number of thiophene rings is 1. The van der Waals surface area contributed by atoms with Gasteiger partial charge in [0.25, 0.3) is 5.91 Å². The van der Waals surface area contributed by atoms with Crippen molar-refractivity contribution in [1.29, 1.82) is 0 Å². The highest BCUT2D eigenvalue weighted by Gasteiger charge is 2.19. The van der Waals surface area contributed by atoms with Gasteiger partial charge in [-0.3, -0.25) is 4.79 Å². The summed E-state index contributed by atoms with van der Waals surface area (Å²) in [5.41, 5.74) is 2.18. The summed E-state index contributed by atoms with van der Waals surface area (Å²) in [7, 11) is 2.23. The summed E-state index contributed by atoms with van der Waals surface area (Å²) in [6.07, 6.45) is 6.12. The zero-order chi connectivity index (χ0) is 16.1. The second kappa shape index (κ2) is 9.21. The molecule has 1 aromatic heterocycles. The molecule has 3 rings (SSSR count). The van der Waals surface area contributed by atoms with E-state index in [0.29, 0.717) is 6.04 Å². The van der Waals surface area contributed by atoms with E-state index in [1.54, 1.807) is 0 Å². The molecule has 24 heavy (non-hydrogen) atoms. The number of rotatable bonds is 5. The Labute approximate surface area is 154 Å². The van der Waals surface area contributed by atoms with Crippen LogP contribution in [0.4, 0.5) is 5.69 Å². The number of halogens is 1. The van der Waals surface area contributed by atoms with Crippen LogP contribution < -0.4 is 5.32 Å². The van der Waals surface area contributed by atoms with Crippen molar-refractivity contribution in [3.05, 3.63) is 52.2 Å². The lowest BCUT2D eigenvalue weighted by atomic mass is 9.96. The number of carbonyl (C=O) groups is 1. The molecule has 1 aromatic carbocycles. The standard InChI is InChI=1S/C19H24N2OS.ClH/c1-21-13-5-4-8-16(21)12-11-15-7-2-3-9-17(15)20-19(22)18-10-6-14-23-18;/h2-3,6-7,9-10,14,16H,4-5,8,11-13H2,1H3,(H,20,22);1H. The second-order valence-electron chi connectivity index (χ2n) is 6.26. The molecule has 1 amide bonds. The van der Waals surface area contributed by atoms with Crippen LogP contribution in [0.25, 0.3) is 0 Å². The Morgan fingerprint density at radius 3 is 2.83 bits per heavy atom. The maximum Gasteiger partial charge on any atom is 0.265 e. The zero-order valence-electron chi connectivity index (χ0n) is 14.0. The third-order valence-corrected chi connectivity index (χ3v) is 5.55. The van der Waals surface area contributed by atoms with Crippen LogP contribution in [0.3, 0.4) is 0 Å². The molecule has 0 spiro atoms. The normalized spacial score (nSPS) is 18.0. The maximum absolute atomic E-state index is 12.3. The number of hydrogen-bond acceptors (Lipinski definition) is 3. The molecule has 1 fully saturated rings. The predicted octanol–water partition coefficient (Wildman–Crippen LogP) is 4.84. The topological polar surface area (TPSA) is 32.3 Å². The number of nitrogens with zero attached hydrogens (tertiary/aromatic N) is 1. The number of benzene rings is 1. The molecule has 5 heteroatoms. The van der Waals surface area contributed by atoms with Crippen LogP contribution in [0, 0.1) is 0 Å². The van der Waals surface area contributed by atoms with E-state index < -0.39 is 0 Å². The Hall–Kier alpha value is -1.36. The fraction of sp³-hybridized carbons (Fsp3) is 0.421. The first-order valence-electron chi connectivity index (χ1n) is 8.37. The van der Waals surface area contributed by atoms with Crippen LogP contribution in [0.5, 0.6) is 0 Å². The molecule has 0 aliphatic carbocycles. The summed E-state index contributed by atoms with van der Waals surface area (Å²) in [5.74, 6) is -0.0118. The highest BCUT2D eigenvalue weighted by atomic mass is 35.5. The summed E-state index contributed by atoms with van der Waals surface area (Å²) >= 11 is 1.47. The molecule has 1 atom stereocenters. The minimum absolute atomic E-state index is 0. The van der Waals surface area contributed by atoms with Crippen LogP contribution in [-0.2, 0) is 6.42 Å². The fourth-order valence-corrected chi connectivity index (χ4v) is 3.90. The number of likely N-dealkylation sites (tertiary alicyclic amines) is 1. The van der Waals surface area contributed by atoms with Crippen molar-refractivity contribution in [3.8, 4) is 0 Å². The lowest BCUT2D eigenvalue weighted by molar-refractivity contribution is 0.103. The summed E-state index contributed by atoms with van der Waals surface area (Å²) < 4.78 is 0. The molecule has 0 saturated carbocycles. The molecular formula is C19H25ClN2OS. The Bertz CT molecular complexity index is 645. The van der Waals surface area contributed by atoms with Crippen molar-refractivity contribution in [2.45, 2.75) is 38.1 Å². The quantitative estimate of drug-likeness (QED) is 0.823. The molecule has 1 aliphatic rings. The minimum atomic E-state index is -0.0118. The number of amides is 1. The number of piperidine rings is 1. The van der Waals surface area contributed by atoms with E-state index in [-0.39, 0.29) is 18.3 Å². The first-order chi connectivity index (χ1) is 11.2. The summed E-state index contributed by atoms with van der Waals surface area (Å²) in [5, 5.41) is 5.00. The van der Waals surface area contributed by atoms with Crippen molar-refractivity contribution >= 4 is 35.3 Å². The van der Waals surface area contributed by atoms with Gasteiger partial charge < -0.3 is 10.2 Å². The van der Waals surface area contributed by atoms with E-state index in [2.05, 4.69) is 29.4 Å². The molecule has 1 N–H and O–H groups in total. The Balaban J connectivity index is 0.00000208. The molecule has 2 aromatic rings. The zero-order valence-corrected chi connectivity index (χ0v) is 15.7. The molecule has 130 valence electrons. The number of anilines is 1. The summed E-state index contributed by atoms with van der Waals surface area (Å²) in [6, 6.07) is 12.6. The average molecular weight is 365 g/mol. The van der Waals surface area contributed by atoms with Gasteiger partial charge in [0.1, 0.15) is 0 Å². The van der Waals surface area contributed by atoms with Crippen LogP contribution in [0.1, 0.15) is 40.9 Å². The average Bonchev–Trinajstić information content (AvgIpc) is 3.10. The van der Waals surface area contributed by atoms with E-state index >= 15 is 0 Å². The smallest absolute Gasteiger partial charge is 0.265 e. The molecule has 0 bridgehead atoms. The van der Waals surface area contributed by atoms with Gasteiger partial charge in [0, 0.05) is 11.7 Å². The lowest BCUT2D eigenvalue weighted by Gasteiger charge is -2.32. The van der Waals surface area contributed by atoms with E-state index in [0.717, 1.165) is 23.4 Å². The number of nitrogens with one attached hydrogen (secondary N) is 1. The first kappa shape index (κ1) is 19.0. The van der Waals surface area contributed by atoms with Gasteiger partial charge >= 0.3 is 0 Å². The monoisotopic (exact) mass is 364 g/mol. The van der Waals surface area contributed by atoms with E-state index in [9.17, 15) is 4.79 Å². The summed E-state index contributed by atoms with van der Waals surface area (Å²) in [6.45, 7) is 1.21. The SMILES string of the molecule is CN1CCCCC1CCc1ccccc1NC(=O)c1cccs1.Cl. The third-order valence-electron chi connectivity index (χ3n) is 4.68. The highest BCUT2D eigenvalue weighted by Crippen LogP contribution is 2.23. The lowest BCUT2D eigenvalue weighted by Crippen LogP contribution is -2.36. The van der Waals surface area contributed by atoms with Gasteiger partial charge in [-0.25, -0.2) is 0 Å². The van der Waals surface area contributed by atoms with Crippen molar-refractivity contribution in [2.24, 2.45) is 0 Å². The molecular weight excluding hydrogens is 340 g/mol. The van der Waals surface area contributed by atoms with E-state index in [1.165, 1.54) is 42.7 Å². The number of para-hydroxylation sites is 1. The minimum Gasteiger partial charge on any atom is -0.321 e. The van der Waals surface area contributed by atoms with Crippen molar-refractivity contribution in [3.63, 3.8) is 0 Å². The predicted molar refractivity (Wildman–Crippen MR) is 105 cm³/mol. The molecule has 1 saturated heterocycles. The van der Waals surface area contributed by atoms with Gasteiger partial charge in [0.2, 0.25) is 0 Å². The van der Waals surface area contributed by atoms with Crippen molar-refractivity contribution in [1.82, 2.24) is 4.90 Å². The molecule has 1 aliphatic heterocycles. The van der Waals surface area contributed by atoms with Crippen LogP contribution in [-0.4, -0.2) is 30.4 Å². The van der Waals surface area contributed by atoms with Gasteiger partial charge in [0.05, 0.1) is 4.88 Å². The largest absolute Gasteiger partial charge is 0.321 e. The van der Waals surface area contributed by atoms with Crippen LogP contribution in [0.15, 0.2) is 41.8 Å². The third kappa shape index (κ3) is 4.82. The summed E-state index contributed by atoms with van der Waals surface area (Å²) in [4.78, 5) is 15.5. The number of hydrogen-bond donors (Lipinski definition) is 1. The van der Waals surface area contributed by atoms with E-state index in [1.807, 2.05) is 29.6 Å². The van der Waals surface area contributed by atoms with Gasteiger partial charge in [-0.05, 0) is 62.4 Å². The van der Waals surface area contributed by atoms with Crippen molar-refractivity contribution < 1.29 is 4.79 Å². The van der Waals surface area contributed by atoms with E-state index in [4.69, 9.17) is 0 Å². The van der Waals surface area contributed by atoms with Crippen LogP contribution in [0.2, 0.25) is 0 Å². The van der Waals surface area contributed by atoms with Crippen LogP contribution >= 0.6 is 23.7 Å².